The molecule has 1 aliphatic heterocycles. The van der Waals surface area contributed by atoms with Gasteiger partial charge in [-0.2, -0.15) is 0 Å². The largest absolute Gasteiger partial charge is 0.343 e. The average molecular weight is 281 g/mol. The number of hydrogen-bond acceptors (Lipinski definition) is 4. The first-order chi connectivity index (χ1) is 9.47. The van der Waals surface area contributed by atoms with Crippen LogP contribution in [0.5, 0.6) is 0 Å². The van der Waals surface area contributed by atoms with E-state index in [0.29, 0.717) is 24.5 Å². The Kier molecular flexibility index (Phi) is 4.83. The molecule has 1 aliphatic rings. The smallest absolute Gasteiger partial charge is 0.219 e. The van der Waals surface area contributed by atoms with E-state index >= 15 is 0 Å². The van der Waals surface area contributed by atoms with Crippen LogP contribution in [0.15, 0.2) is 12.4 Å². The first-order valence-electron chi connectivity index (χ1n) is 7.36. The summed E-state index contributed by atoms with van der Waals surface area (Å²) in [7, 11) is 3.75. The van der Waals surface area contributed by atoms with E-state index in [1.807, 2.05) is 19.4 Å². The van der Waals surface area contributed by atoms with Crippen molar-refractivity contribution in [2.75, 3.05) is 13.7 Å². The molecule has 2 heterocycles. The van der Waals surface area contributed by atoms with Gasteiger partial charge in [-0.15, -0.1) is 0 Å². The molecule has 1 saturated heterocycles. The maximum atomic E-state index is 5.82. The predicted octanol–water partition coefficient (Wildman–Crippen LogP) is 2.40. The van der Waals surface area contributed by atoms with Gasteiger partial charge >= 0.3 is 0 Å². The highest BCUT2D eigenvalue weighted by Crippen LogP contribution is 2.36. The molecule has 0 aliphatic carbocycles. The second-order valence-electron chi connectivity index (χ2n) is 6.22. The normalized spacial score (nSPS) is 25.8. The van der Waals surface area contributed by atoms with Crippen LogP contribution in [0.25, 0.3) is 0 Å². The summed E-state index contributed by atoms with van der Waals surface area (Å²) in [6, 6.07) is 0.541. The first kappa shape index (κ1) is 15.5. The Hall–Kier alpha value is -0.910. The fourth-order valence-electron chi connectivity index (χ4n) is 3.01. The minimum absolute atomic E-state index is 0.190. The summed E-state index contributed by atoms with van der Waals surface area (Å²) >= 11 is 0. The summed E-state index contributed by atoms with van der Waals surface area (Å²) in [5.41, 5.74) is 0. The molecule has 5 nitrogen and oxygen atoms in total. The highest BCUT2D eigenvalue weighted by molar-refractivity contribution is 5.03. The Morgan fingerprint density at radius 1 is 1.35 bits per heavy atom. The molecule has 0 radical (unpaired) electrons. The van der Waals surface area contributed by atoms with Gasteiger partial charge in [-0.25, -0.2) is 9.88 Å². The van der Waals surface area contributed by atoms with Crippen LogP contribution in [-0.2, 0) is 16.5 Å². The summed E-state index contributed by atoms with van der Waals surface area (Å²) < 4.78 is 13.5. The molecule has 2 rings (SSSR count). The molecule has 0 saturated carbocycles. The zero-order chi connectivity index (χ0) is 14.9. The summed E-state index contributed by atoms with van der Waals surface area (Å²) in [5.74, 6) is 2.01. The van der Waals surface area contributed by atoms with Gasteiger partial charge in [0.2, 0.25) is 6.41 Å². The molecular formula is C15H27N3O2. The quantitative estimate of drug-likeness (QED) is 0.831. The summed E-state index contributed by atoms with van der Waals surface area (Å²) in [5, 5.41) is 0. The van der Waals surface area contributed by atoms with E-state index in [1.165, 1.54) is 0 Å². The second-order valence-corrected chi connectivity index (χ2v) is 6.22. The third kappa shape index (κ3) is 2.75. The van der Waals surface area contributed by atoms with Crippen molar-refractivity contribution < 1.29 is 9.47 Å². The lowest BCUT2D eigenvalue weighted by Crippen LogP contribution is -2.45. The Bertz CT molecular complexity index is 431. The highest BCUT2D eigenvalue weighted by atomic mass is 16.7. The second kappa shape index (κ2) is 6.24. The van der Waals surface area contributed by atoms with Gasteiger partial charge in [0.25, 0.3) is 0 Å². The number of rotatable bonds is 5. The molecule has 0 aromatic carbocycles. The third-order valence-corrected chi connectivity index (χ3v) is 4.08. The van der Waals surface area contributed by atoms with Gasteiger partial charge in [-0.1, -0.05) is 27.7 Å². The lowest BCUT2D eigenvalue weighted by Gasteiger charge is -2.38. The maximum Gasteiger partial charge on any atom is 0.219 e. The highest BCUT2D eigenvalue weighted by Gasteiger charge is 2.43. The Balaban J connectivity index is 2.38. The van der Waals surface area contributed by atoms with Crippen molar-refractivity contribution in [3.05, 3.63) is 18.2 Å². The summed E-state index contributed by atoms with van der Waals surface area (Å²) in [6.45, 7) is 9.62. The molecule has 3 atom stereocenters. The number of nitrogens with zero attached hydrogens (tertiary/aromatic N) is 3. The van der Waals surface area contributed by atoms with Gasteiger partial charge in [-0.05, 0) is 11.8 Å². The summed E-state index contributed by atoms with van der Waals surface area (Å²) in [6.07, 6.45) is 3.56. The van der Waals surface area contributed by atoms with Crippen molar-refractivity contribution in [3.8, 4) is 0 Å². The van der Waals surface area contributed by atoms with Crippen LogP contribution in [0, 0.1) is 11.8 Å². The molecule has 0 bridgehead atoms. The molecule has 1 aromatic heterocycles. The van der Waals surface area contributed by atoms with Crippen LogP contribution in [0.1, 0.15) is 39.6 Å². The third-order valence-electron chi connectivity index (χ3n) is 4.08. The van der Waals surface area contributed by atoms with Crippen LogP contribution >= 0.6 is 0 Å². The standard InChI is InChI=1S/C15H27N3O2/c1-10(2)12-9-20-15(19-6)18(12)13(11(3)4)14-16-7-8-17(14)5/h7-8,10-13,15H,9H2,1-6H3/t12-,13?,15-/m1/s1. The zero-order valence-electron chi connectivity index (χ0n) is 13.4. The molecular weight excluding hydrogens is 254 g/mol. The van der Waals surface area contributed by atoms with E-state index in [-0.39, 0.29) is 12.5 Å². The Morgan fingerprint density at radius 3 is 2.50 bits per heavy atom. The number of aromatic nitrogens is 2. The van der Waals surface area contributed by atoms with Gasteiger partial charge in [-0.3, -0.25) is 0 Å². The lowest BCUT2D eigenvalue weighted by atomic mass is 9.96. The van der Waals surface area contributed by atoms with Gasteiger partial charge in [0.15, 0.2) is 0 Å². The minimum atomic E-state index is -0.286. The van der Waals surface area contributed by atoms with Crippen molar-refractivity contribution in [1.82, 2.24) is 14.5 Å². The van der Waals surface area contributed by atoms with Crippen LogP contribution < -0.4 is 0 Å². The molecule has 20 heavy (non-hydrogen) atoms. The topological polar surface area (TPSA) is 39.5 Å². The monoisotopic (exact) mass is 281 g/mol. The number of aryl methyl sites for hydroxylation is 1. The summed E-state index contributed by atoms with van der Waals surface area (Å²) in [4.78, 5) is 6.90. The number of ether oxygens (including phenoxy) is 2. The van der Waals surface area contributed by atoms with Crippen molar-refractivity contribution in [1.29, 1.82) is 0 Å². The van der Waals surface area contributed by atoms with Crippen molar-refractivity contribution in [2.24, 2.45) is 18.9 Å². The van der Waals surface area contributed by atoms with Crippen LogP contribution in [-0.4, -0.2) is 40.6 Å². The van der Waals surface area contributed by atoms with Crippen LogP contribution in [0.2, 0.25) is 0 Å². The molecule has 1 unspecified atom stereocenters. The van der Waals surface area contributed by atoms with Gasteiger partial charge in [0, 0.05) is 32.6 Å². The minimum Gasteiger partial charge on any atom is -0.343 e. The molecule has 0 amide bonds. The van der Waals surface area contributed by atoms with E-state index in [2.05, 4.69) is 42.1 Å². The molecule has 1 fully saturated rings. The SMILES string of the molecule is CO[C@@H]1OC[C@H](C(C)C)N1C(c1nccn1C)C(C)C. The average Bonchev–Trinajstić information content (AvgIpc) is 2.97. The van der Waals surface area contributed by atoms with E-state index in [1.54, 1.807) is 7.11 Å². The molecule has 0 spiro atoms. The number of methoxy groups -OCH3 is 1. The van der Waals surface area contributed by atoms with Crippen molar-refractivity contribution in [2.45, 2.75) is 46.2 Å². The van der Waals surface area contributed by atoms with E-state index in [4.69, 9.17) is 9.47 Å². The van der Waals surface area contributed by atoms with Crippen molar-refractivity contribution in [3.63, 3.8) is 0 Å². The van der Waals surface area contributed by atoms with E-state index in [9.17, 15) is 0 Å². The molecule has 114 valence electrons. The Morgan fingerprint density at radius 2 is 2.05 bits per heavy atom. The fourth-order valence-corrected chi connectivity index (χ4v) is 3.01. The molecule has 1 aromatic rings. The Labute approximate surface area is 121 Å². The molecule has 5 heteroatoms. The lowest BCUT2D eigenvalue weighted by molar-refractivity contribution is -0.178. The van der Waals surface area contributed by atoms with Crippen molar-refractivity contribution >= 4 is 0 Å². The predicted molar refractivity (Wildman–Crippen MR) is 78.0 cm³/mol. The van der Waals surface area contributed by atoms with E-state index in [0.717, 1.165) is 5.82 Å². The van der Waals surface area contributed by atoms with Crippen LogP contribution in [0.4, 0.5) is 0 Å². The van der Waals surface area contributed by atoms with Gasteiger partial charge in [0.05, 0.1) is 12.6 Å². The first-order valence-corrected chi connectivity index (χ1v) is 7.36. The zero-order valence-corrected chi connectivity index (χ0v) is 13.4. The molecule has 0 N–H and O–H groups in total. The number of hydrogen-bond donors (Lipinski definition) is 0. The van der Waals surface area contributed by atoms with Gasteiger partial charge < -0.3 is 14.0 Å². The van der Waals surface area contributed by atoms with Crippen LogP contribution in [0.3, 0.4) is 0 Å². The van der Waals surface area contributed by atoms with E-state index < -0.39 is 0 Å². The maximum absolute atomic E-state index is 5.82. The number of imidazole rings is 1. The van der Waals surface area contributed by atoms with Gasteiger partial charge in [0.1, 0.15) is 5.82 Å². The fraction of sp³-hybridized carbons (Fsp3) is 0.800.